The van der Waals surface area contributed by atoms with Gasteiger partial charge in [-0.15, -0.1) is 0 Å². The van der Waals surface area contributed by atoms with Gasteiger partial charge in [0.2, 0.25) is 5.91 Å². The third-order valence-electron chi connectivity index (χ3n) is 5.51. The summed E-state index contributed by atoms with van der Waals surface area (Å²) in [5.74, 6) is 0.0783. The third-order valence-corrected chi connectivity index (χ3v) is 5.51. The number of carbonyl (C=O) groups is 2. The van der Waals surface area contributed by atoms with Gasteiger partial charge in [0.25, 0.3) is 5.91 Å². The van der Waals surface area contributed by atoms with Gasteiger partial charge in [-0.1, -0.05) is 20.3 Å². The van der Waals surface area contributed by atoms with Crippen LogP contribution >= 0.6 is 0 Å². The van der Waals surface area contributed by atoms with E-state index in [2.05, 4.69) is 24.0 Å². The Kier molecular flexibility index (Phi) is 5.39. The zero-order chi connectivity index (χ0) is 18.0. The van der Waals surface area contributed by atoms with Gasteiger partial charge in [0, 0.05) is 31.6 Å². The number of hydrogen-bond donors (Lipinski definition) is 1. The Bertz CT molecular complexity index is 624. The summed E-state index contributed by atoms with van der Waals surface area (Å²) in [4.78, 5) is 28.8. The van der Waals surface area contributed by atoms with Crippen molar-refractivity contribution in [2.75, 3.05) is 19.6 Å². The Morgan fingerprint density at radius 1 is 1.36 bits per heavy atom. The fourth-order valence-electron chi connectivity index (χ4n) is 3.89. The maximum absolute atomic E-state index is 13.5. The topological polar surface area (TPSA) is 69.3 Å². The summed E-state index contributed by atoms with van der Waals surface area (Å²) in [7, 11) is 0. The molecule has 2 heterocycles. The number of aromatic amines is 1. The van der Waals surface area contributed by atoms with Crippen LogP contribution in [0.5, 0.6) is 0 Å². The van der Waals surface area contributed by atoms with Crippen LogP contribution in [-0.2, 0) is 4.79 Å². The number of rotatable bonds is 6. The Morgan fingerprint density at radius 2 is 2.08 bits per heavy atom. The first kappa shape index (κ1) is 17.9. The molecule has 7 heteroatoms. The molecule has 1 aromatic heterocycles. The number of amides is 2. The predicted molar refractivity (Wildman–Crippen MR) is 91.4 cm³/mol. The minimum Gasteiger partial charge on any atom is -0.339 e. The molecule has 0 spiro atoms. The molecule has 138 valence electrons. The van der Waals surface area contributed by atoms with Crippen LogP contribution in [0.15, 0.2) is 6.20 Å². The van der Waals surface area contributed by atoms with E-state index in [-0.39, 0.29) is 29.5 Å². The molecular formula is C18H27FN4O2. The molecule has 1 saturated heterocycles. The van der Waals surface area contributed by atoms with Gasteiger partial charge in [-0.2, -0.15) is 5.10 Å². The van der Waals surface area contributed by atoms with E-state index in [0.29, 0.717) is 19.0 Å². The van der Waals surface area contributed by atoms with Crippen molar-refractivity contribution >= 4 is 11.8 Å². The molecular weight excluding hydrogens is 323 g/mol. The Balaban J connectivity index is 1.59. The van der Waals surface area contributed by atoms with Gasteiger partial charge in [-0.05, 0) is 31.6 Å². The van der Waals surface area contributed by atoms with Gasteiger partial charge >= 0.3 is 0 Å². The number of nitrogens with one attached hydrogen (secondary N) is 1. The SMILES string of the molecule is CCCN(C(=O)[C@@H]1C[C@H]1CC)C1CCN(C(=O)c2[nH]ncc2F)CC1. The number of halogens is 1. The van der Waals surface area contributed by atoms with Gasteiger partial charge in [0.05, 0.1) is 6.20 Å². The second-order valence-electron chi connectivity index (χ2n) is 7.16. The van der Waals surface area contributed by atoms with E-state index in [1.807, 2.05) is 4.90 Å². The van der Waals surface area contributed by atoms with Gasteiger partial charge in [-0.3, -0.25) is 14.7 Å². The van der Waals surface area contributed by atoms with E-state index in [1.165, 1.54) is 0 Å². The first-order valence-electron chi connectivity index (χ1n) is 9.35. The quantitative estimate of drug-likeness (QED) is 0.857. The number of carbonyl (C=O) groups excluding carboxylic acids is 2. The average Bonchev–Trinajstić information content (AvgIpc) is 3.31. The molecule has 25 heavy (non-hydrogen) atoms. The molecule has 0 aromatic carbocycles. The van der Waals surface area contributed by atoms with Crippen LogP contribution in [0, 0.1) is 17.7 Å². The van der Waals surface area contributed by atoms with Crippen molar-refractivity contribution in [3.8, 4) is 0 Å². The van der Waals surface area contributed by atoms with Crippen molar-refractivity contribution in [3.63, 3.8) is 0 Å². The second kappa shape index (κ2) is 7.54. The van der Waals surface area contributed by atoms with Crippen LogP contribution in [0.3, 0.4) is 0 Å². The highest BCUT2D eigenvalue weighted by atomic mass is 19.1. The fraction of sp³-hybridized carbons (Fsp3) is 0.722. The normalized spacial score (nSPS) is 23.6. The summed E-state index contributed by atoms with van der Waals surface area (Å²) in [6.45, 7) is 6.08. The molecule has 6 nitrogen and oxygen atoms in total. The molecule has 1 aromatic rings. The van der Waals surface area contributed by atoms with Crippen LogP contribution in [0.2, 0.25) is 0 Å². The molecule has 1 saturated carbocycles. The molecule has 3 rings (SSSR count). The number of likely N-dealkylation sites (tertiary alicyclic amines) is 1. The van der Waals surface area contributed by atoms with Crippen LogP contribution in [-0.4, -0.2) is 57.5 Å². The van der Waals surface area contributed by atoms with Crippen molar-refractivity contribution in [2.24, 2.45) is 11.8 Å². The number of H-pyrrole nitrogens is 1. The van der Waals surface area contributed by atoms with Gasteiger partial charge in [0.15, 0.2) is 11.5 Å². The summed E-state index contributed by atoms with van der Waals surface area (Å²) >= 11 is 0. The lowest BCUT2D eigenvalue weighted by molar-refractivity contribution is -0.136. The number of hydrogen-bond acceptors (Lipinski definition) is 3. The molecule has 1 aliphatic heterocycles. The molecule has 0 bridgehead atoms. The zero-order valence-electron chi connectivity index (χ0n) is 15.0. The Morgan fingerprint density at radius 3 is 2.60 bits per heavy atom. The second-order valence-corrected chi connectivity index (χ2v) is 7.16. The van der Waals surface area contributed by atoms with E-state index in [9.17, 15) is 14.0 Å². The third kappa shape index (κ3) is 3.70. The number of piperidine rings is 1. The monoisotopic (exact) mass is 350 g/mol. The van der Waals surface area contributed by atoms with E-state index < -0.39 is 5.82 Å². The lowest BCUT2D eigenvalue weighted by Gasteiger charge is -2.38. The molecule has 0 radical (unpaired) electrons. The van der Waals surface area contributed by atoms with E-state index in [1.54, 1.807) is 4.90 Å². The van der Waals surface area contributed by atoms with Crippen LogP contribution in [0.4, 0.5) is 4.39 Å². The molecule has 1 N–H and O–H groups in total. The standard InChI is InChI=1S/C18H27FN4O2/c1-3-7-23(17(24)14-10-12(14)4-2)13-5-8-22(9-6-13)18(25)16-15(19)11-20-21-16/h11-14H,3-10H2,1-2H3,(H,20,21)/t12-,14-/m1/s1. The smallest absolute Gasteiger partial charge is 0.274 e. The minimum absolute atomic E-state index is 0.0799. The lowest BCUT2D eigenvalue weighted by atomic mass is 10.0. The minimum atomic E-state index is -0.616. The summed E-state index contributed by atoms with van der Waals surface area (Å²) in [6, 6.07) is 0.182. The summed E-state index contributed by atoms with van der Waals surface area (Å²) in [6.07, 6.45) is 5.54. The van der Waals surface area contributed by atoms with Crippen molar-refractivity contribution < 1.29 is 14.0 Å². The molecule has 2 aliphatic rings. The predicted octanol–water partition coefficient (Wildman–Crippen LogP) is 2.44. The Hall–Kier alpha value is -1.92. The van der Waals surface area contributed by atoms with Gasteiger partial charge in [0.1, 0.15) is 0 Å². The summed E-state index contributed by atoms with van der Waals surface area (Å²) in [5.41, 5.74) is -0.0799. The van der Waals surface area contributed by atoms with E-state index in [0.717, 1.165) is 44.8 Å². The number of nitrogens with zero attached hydrogens (tertiary/aromatic N) is 3. The summed E-state index contributed by atoms with van der Waals surface area (Å²) in [5, 5.41) is 6.00. The number of aromatic nitrogens is 2. The van der Waals surface area contributed by atoms with Crippen LogP contribution < -0.4 is 0 Å². The lowest BCUT2D eigenvalue weighted by Crippen LogP contribution is -2.49. The van der Waals surface area contributed by atoms with Gasteiger partial charge in [-0.25, -0.2) is 4.39 Å². The highest BCUT2D eigenvalue weighted by Crippen LogP contribution is 2.43. The van der Waals surface area contributed by atoms with Crippen LogP contribution in [0.25, 0.3) is 0 Å². The first-order chi connectivity index (χ1) is 12.1. The highest BCUT2D eigenvalue weighted by molar-refractivity contribution is 5.92. The maximum atomic E-state index is 13.5. The van der Waals surface area contributed by atoms with Crippen molar-refractivity contribution in [1.29, 1.82) is 0 Å². The van der Waals surface area contributed by atoms with E-state index in [4.69, 9.17) is 0 Å². The zero-order valence-corrected chi connectivity index (χ0v) is 15.0. The van der Waals surface area contributed by atoms with Crippen molar-refractivity contribution in [2.45, 2.75) is 52.0 Å². The summed E-state index contributed by atoms with van der Waals surface area (Å²) < 4.78 is 13.5. The molecule has 0 unspecified atom stereocenters. The van der Waals surface area contributed by atoms with Crippen molar-refractivity contribution in [1.82, 2.24) is 20.0 Å². The fourth-order valence-corrected chi connectivity index (χ4v) is 3.89. The first-order valence-corrected chi connectivity index (χ1v) is 9.35. The largest absolute Gasteiger partial charge is 0.339 e. The molecule has 2 amide bonds. The van der Waals surface area contributed by atoms with Crippen molar-refractivity contribution in [3.05, 3.63) is 17.7 Å². The van der Waals surface area contributed by atoms with Gasteiger partial charge < -0.3 is 9.80 Å². The molecule has 2 fully saturated rings. The molecule has 2 atom stereocenters. The Labute approximate surface area is 147 Å². The average molecular weight is 350 g/mol. The maximum Gasteiger partial charge on any atom is 0.274 e. The van der Waals surface area contributed by atoms with E-state index >= 15 is 0 Å². The molecule has 1 aliphatic carbocycles. The van der Waals surface area contributed by atoms with Crippen LogP contribution in [0.1, 0.15) is 56.4 Å². The highest BCUT2D eigenvalue weighted by Gasteiger charge is 2.45.